The SMILES string of the molecule is [C-]#[N+]c1ccc(COc2cccc(-c3ccc(Cc4nc5ccc(C)cc5n4CCOC)c4ccccc34)n2)c(F)c1. The van der Waals surface area contributed by atoms with Crippen molar-refractivity contribution in [2.75, 3.05) is 13.7 Å². The van der Waals surface area contributed by atoms with Crippen molar-refractivity contribution < 1.29 is 13.9 Å². The van der Waals surface area contributed by atoms with E-state index in [9.17, 15) is 4.39 Å². The molecule has 0 saturated carbocycles. The largest absolute Gasteiger partial charge is 0.473 e. The summed E-state index contributed by atoms with van der Waals surface area (Å²) < 4.78 is 27.9. The van der Waals surface area contributed by atoms with Crippen molar-refractivity contribution >= 4 is 27.5 Å². The predicted octanol–water partition coefficient (Wildman–Crippen LogP) is 8.07. The average Bonchev–Trinajstić information content (AvgIpc) is 3.35. The number of hydrogen-bond acceptors (Lipinski definition) is 4. The van der Waals surface area contributed by atoms with Gasteiger partial charge < -0.3 is 14.0 Å². The Morgan fingerprint density at radius 2 is 1.71 bits per heavy atom. The van der Waals surface area contributed by atoms with Crippen LogP contribution in [0.2, 0.25) is 0 Å². The lowest BCUT2D eigenvalue weighted by atomic mass is 9.96. The summed E-state index contributed by atoms with van der Waals surface area (Å²) in [5.74, 6) is 0.930. The fraction of sp³-hybridized carbons (Fsp3) is 0.171. The van der Waals surface area contributed by atoms with Crippen molar-refractivity contribution in [3.05, 3.63) is 131 Å². The first-order chi connectivity index (χ1) is 20.5. The van der Waals surface area contributed by atoms with Crippen LogP contribution >= 0.6 is 0 Å². The predicted molar refractivity (Wildman–Crippen MR) is 163 cm³/mol. The van der Waals surface area contributed by atoms with Crippen LogP contribution < -0.4 is 4.74 Å². The number of imidazole rings is 1. The lowest BCUT2D eigenvalue weighted by molar-refractivity contribution is 0.187. The van der Waals surface area contributed by atoms with Crippen molar-refractivity contribution in [1.82, 2.24) is 14.5 Å². The summed E-state index contributed by atoms with van der Waals surface area (Å²) in [6, 6.07) is 28.9. The van der Waals surface area contributed by atoms with Crippen LogP contribution in [0.1, 0.15) is 22.5 Å². The van der Waals surface area contributed by atoms with Gasteiger partial charge in [-0.2, -0.15) is 0 Å². The molecule has 0 bridgehead atoms. The van der Waals surface area contributed by atoms with E-state index < -0.39 is 5.82 Å². The Bertz CT molecular complexity index is 1960. The topological polar surface area (TPSA) is 53.5 Å². The minimum absolute atomic E-state index is 0.0177. The van der Waals surface area contributed by atoms with Crippen LogP contribution in [0.15, 0.2) is 91.0 Å². The smallest absolute Gasteiger partial charge is 0.214 e. The van der Waals surface area contributed by atoms with Crippen molar-refractivity contribution in [3.63, 3.8) is 0 Å². The normalized spacial score (nSPS) is 11.2. The number of ether oxygens (including phenoxy) is 2. The van der Waals surface area contributed by atoms with Crippen molar-refractivity contribution in [2.45, 2.75) is 26.5 Å². The van der Waals surface area contributed by atoms with Crippen LogP contribution in [0.5, 0.6) is 5.88 Å². The number of benzene rings is 4. The van der Waals surface area contributed by atoms with E-state index in [-0.39, 0.29) is 12.3 Å². The molecule has 0 spiro atoms. The summed E-state index contributed by atoms with van der Waals surface area (Å²) in [5.41, 5.74) is 6.85. The quantitative estimate of drug-likeness (QED) is 0.169. The lowest BCUT2D eigenvalue weighted by Gasteiger charge is -2.14. The molecule has 0 unspecified atom stereocenters. The molecule has 6 nitrogen and oxygen atoms in total. The van der Waals surface area contributed by atoms with E-state index in [1.165, 1.54) is 17.2 Å². The number of hydrogen-bond donors (Lipinski definition) is 0. The number of pyridine rings is 1. The van der Waals surface area contributed by atoms with Crippen LogP contribution in [0.4, 0.5) is 10.1 Å². The molecule has 0 aliphatic rings. The minimum Gasteiger partial charge on any atom is -0.473 e. The molecule has 0 atom stereocenters. The molecule has 6 rings (SSSR count). The van der Waals surface area contributed by atoms with E-state index in [4.69, 9.17) is 26.0 Å². The zero-order valence-corrected chi connectivity index (χ0v) is 23.5. The zero-order valence-electron chi connectivity index (χ0n) is 23.5. The summed E-state index contributed by atoms with van der Waals surface area (Å²) >= 11 is 0. The second-order valence-corrected chi connectivity index (χ2v) is 10.2. The van der Waals surface area contributed by atoms with E-state index in [0.29, 0.717) is 24.5 Å². The number of methoxy groups -OCH3 is 1. The number of aromatic nitrogens is 3. The first-order valence-electron chi connectivity index (χ1n) is 13.8. The molecule has 0 amide bonds. The molecule has 0 fully saturated rings. The molecule has 2 aromatic heterocycles. The average molecular weight is 557 g/mol. The zero-order chi connectivity index (χ0) is 29.1. The van der Waals surface area contributed by atoms with Gasteiger partial charge in [-0.25, -0.2) is 19.2 Å². The molecule has 7 heteroatoms. The van der Waals surface area contributed by atoms with Gasteiger partial charge in [-0.1, -0.05) is 60.7 Å². The summed E-state index contributed by atoms with van der Waals surface area (Å²) in [6.45, 7) is 10.5. The van der Waals surface area contributed by atoms with E-state index in [0.717, 1.165) is 45.4 Å². The molecule has 0 radical (unpaired) electrons. The molecule has 0 aliphatic heterocycles. The van der Waals surface area contributed by atoms with Crippen LogP contribution in [0.3, 0.4) is 0 Å². The first-order valence-corrected chi connectivity index (χ1v) is 13.8. The summed E-state index contributed by atoms with van der Waals surface area (Å²) in [4.78, 5) is 13.0. The lowest BCUT2D eigenvalue weighted by Crippen LogP contribution is -2.09. The van der Waals surface area contributed by atoms with E-state index in [2.05, 4.69) is 58.8 Å². The molecule has 208 valence electrons. The highest BCUT2D eigenvalue weighted by Gasteiger charge is 2.15. The van der Waals surface area contributed by atoms with Gasteiger partial charge >= 0.3 is 0 Å². The summed E-state index contributed by atoms with van der Waals surface area (Å²) in [6.07, 6.45) is 0.673. The Balaban J connectivity index is 1.32. The molecular weight excluding hydrogens is 527 g/mol. The second-order valence-electron chi connectivity index (χ2n) is 10.2. The Kier molecular flexibility index (Phi) is 7.63. The Morgan fingerprint density at radius 1 is 0.881 bits per heavy atom. The molecule has 4 aromatic carbocycles. The minimum atomic E-state index is -0.466. The van der Waals surface area contributed by atoms with Gasteiger partial charge in [-0.3, -0.25) is 0 Å². The molecule has 2 heterocycles. The van der Waals surface area contributed by atoms with Crippen molar-refractivity contribution in [3.8, 4) is 17.1 Å². The summed E-state index contributed by atoms with van der Waals surface area (Å²) in [5, 5.41) is 2.21. The number of halogens is 1. The molecule has 0 aliphatic carbocycles. The van der Waals surface area contributed by atoms with Crippen LogP contribution in [-0.2, 0) is 24.3 Å². The van der Waals surface area contributed by atoms with Gasteiger partial charge in [-0.05, 0) is 53.1 Å². The second kappa shape index (κ2) is 11.8. The van der Waals surface area contributed by atoms with Gasteiger partial charge in [0.2, 0.25) is 5.88 Å². The fourth-order valence-corrected chi connectivity index (χ4v) is 5.28. The number of nitrogens with zero attached hydrogens (tertiary/aromatic N) is 4. The maximum absolute atomic E-state index is 14.4. The van der Waals surface area contributed by atoms with Gasteiger partial charge in [0.05, 0.1) is 29.9 Å². The third-order valence-electron chi connectivity index (χ3n) is 7.41. The van der Waals surface area contributed by atoms with E-state index in [1.807, 2.05) is 24.3 Å². The molecule has 42 heavy (non-hydrogen) atoms. The molecular formula is C35H29FN4O2. The van der Waals surface area contributed by atoms with Gasteiger partial charge in [0, 0.05) is 37.3 Å². The Labute approximate surface area is 243 Å². The highest BCUT2D eigenvalue weighted by Crippen LogP contribution is 2.32. The van der Waals surface area contributed by atoms with Crippen molar-refractivity contribution in [1.29, 1.82) is 0 Å². The van der Waals surface area contributed by atoms with E-state index >= 15 is 0 Å². The van der Waals surface area contributed by atoms with Gasteiger partial charge in [0.15, 0.2) is 5.69 Å². The molecule has 0 saturated heterocycles. The highest BCUT2D eigenvalue weighted by atomic mass is 19.1. The highest BCUT2D eigenvalue weighted by molar-refractivity contribution is 5.98. The number of fused-ring (bicyclic) bond motifs is 2. The number of aryl methyl sites for hydroxylation is 1. The maximum atomic E-state index is 14.4. The first kappa shape index (κ1) is 27.1. The monoisotopic (exact) mass is 556 g/mol. The van der Waals surface area contributed by atoms with Gasteiger partial charge in [-0.15, -0.1) is 0 Å². The third kappa shape index (κ3) is 5.45. The van der Waals surface area contributed by atoms with E-state index in [1.54, 1.807) is 25.3 Å². The van der Waals surface area contributed by atoms with Gasteiger partial charge in [0.25, 0.3) is 0 Å². The standard InChI is InChI=1S/C35H29FN4O2/c1-23-11-16-32-33(19-23)40(17-18-41-3)34(38-32)20-24-13-15-29(28-8-5-4-7-27(24)28)31-9-6-10-35(39-31)42-22-25-12-14-26(37-2)21-30(25)36/h4-16,19,21H,17-18,20,22H2,1,3H3. The Morgan fingerprint density at radius 3 is 2.52 bits per heavy atom. The van der Waals surface area contributed by atoms with Crippen LogP contribution in [-0.4, -0.2) is 28.3 Å². The number of rotatable bonds is 9. The van der Waals surface area contributed by atoms with Crippen molar-refractivity contribution in [2.24, 2.45) is 0 Å². The maximum Gasteiger partial charge on any atom is 0.214 e. The molecule has 6 aromatic rings. The van der Waals surface area contributed by atoms with Gasteiger partial charge in [0.1, 0.15) is 18.2 Å². The van der Waals surface area contributed by atoms with Crippen LogP contribution in [0, 0.1) is 19.3 Å². The fourth-order valence-electron chi connectivity index (χ4n) is 5.28. The third-order valence-corrected chi connectivity index (χ3v) is 7.41. The van der Waals surface area contributed by atoms with Crippen LogP contribution in [0.25, 0.3) is 37.9 Å². The molecule has 0 N–H and O–H groups in total. The Hall–Kier alpha value is -5.06. The summed E-state index contributed by atoms with van der Waals surface area (Å²) in [7, 11) is 1.72.